The Kier molecular flexibility index (Phi) is 4.73. The molecule has 0 aromatic heterocycles. The number of hydrogen-bond donors (Lipinski definition) is 1. The SMILES string of the molecule is CCc1ccccc1CNc1cccc(OC(F)(F)F)c1. The van der Waals surface area contributed by atoms with Gasteiger partial charge in [0.15, 0.2) is 0 Å². The topological polar surface area (TPSA) is 21.3 Å². The number of ether oxygens (including phenoxy) is 1. The van der Waals surface area contributed by atoms with Crippen LogP contribution in [-0.4, -0.2) is 6.36 Å². The lowest BCUT2D eigenvalue weighted by Gasteiger charge is -2.12. The van der Waals surface area contributed by atoms with Gasteiger partial charge in [-0.25, -0.2) is 0 Å². The van der Waals surface area contributed by atoms with E-state index in [1.165, 1.54) is 23.8 Å². The molecule has 0 bridgehead atoms. The van der Waals surface area contributed by atoms with E-state index in [2.05, 4.69) is 17.0 Å². The quantitative estimate of drug-likeness (QED) is 0.858. The number of benzene rings is 2. The number of halogens is 3. The zero-order valence-corrected chi connectivity index (χ0v) is 11.6. The van der Waals surface area contributed by atoms with E-state index < -0.39 is 6.36 Å². The normalized spacial score (nSPS) is 11.2. The maximum Gasteiger partial charge on any atom is 0.573 e. The van der Waals surface area contributed by atoms with Gasteiger partial charge >= 0.3 is 6.36 Å². The van der Waals surface area contributed by atoms with E-state index in [0.29, 0.717) is 12.2 Å². The fraction of sp³-hybridized carbons (Fsp3) is 0.250. The first kappa shape index (κ1) is 15.2. The number of anilines is 1. The zero-order chi connectivity index (χ0) is 15.3. The number of aryl methyl sites for hydroxylation is 1. The second-order valence-corrected chi connectivity index (χ2v) is 4.55. The van der Waals surface area contributed by atoms with Crippen LogP contribution in [0.3, 0.4) is 0 Å². The van der Waals surface area contributed by atoms with Crippen LogP contribution in [0.25, 0.3) is 0 Å². The summed E-state index contributed by atoms with van der Waals surface area (Å²) in [6, 6.07) is 13.8. The predicted octanol–water partition coefficient (Wildman–Crippen LogP) is 4.76. The zero-order valence-electron chi connectivity index (χ0n) is 11.6. The van der Waals surface area contributed by atoms with Gasteiger partial charge in [0.2, 0.25) is 0 Å². The smallest absolute Gasteiger partial charge is 0.406 e. The summed E-state index contributed by atoms with van der Waals surface area (Å²) >= 11 is 0. The standard InChI is InChI=1S/C16H16F3NO/c1-2-12-6-3-4-7-13(12)11-20-14-8-5-9-15(10-14)21-16(17,18)19/h3-10,20H,2,11H2,1H3. The van der Waals surface area contributed by atoms with E-state index in [9.17, 15) is 13.2 Å². The van der Waals surface area contributed by atoms with Gasteiger partial charge in [0, 0.05) is 18.3 Å². The van der Waals surface area contributed by atoms with Crippen LogP contribution in [0.15, 0.2) is 48.5 Å². The minimum Gasteiger partial charge on any atom is -0.406 e. The third-order valence-electron chi connectivity index (χ3n) is 3.05. The average molecular weight is 295 g/mol. The summed E-state index contributed by atoms with van der Waals surface area (Å²) in [6.07, 6.45) is -3.76. The highest BCUT2D eigenvalue weighted by Crippen LogP contribution is 2.25. The summed E-state index contributed by atoms with van der Waals surface area (Å²) in [5.74, 6) is -0.226. The molecule has 0 heterocycles. The fourth-order valence-corrected chi connectivity index (χ4v) is 2.08. The molecule has 0 atom stereocenters. The Bertz CT molecular complexity index is 596. The van der Waals surface area contributed by atoms with E-state index in [1.807, 2.05) is 24.3 Å². The summed E-state index contributed by atoms with van der Waals surface area (Å²) in [7, 11) is 0. The summed E-state index contributed by atoms with van der Waals surface area (Å²) in [5, 5.41) is 3.11. The van der Waals surface area contributed by atoms with Crippen molar-refractivity contribution < 1.29 is 17.9 Å². The maximum absolute atomic E-state index is 12.2. The first-order valence-corrected chi connectivity index (χ1v) is 6.64. The number of alkyl halides is 3. The number of rotatable bonds is 5. The van der Waals surface area contributed by atoms with Crippen LogP contribution < -0.4 is 10.1 Å². The van der Waals surface area contributed by atoms with E-state index >= 15 is 0 Å². The second kappa shape index (κ2) is 6.52. The minimum atomic E-state index is -4.67. The molecule has 2 aromatic carbocycles. The van der Waals surface area contributed by atoms with Crippen LogP contribution in [0.1, 0.15) is 18.1 Å². The van der Waals surface area contributed by atoms with Crippen molar-refractivity contribution in [1.29, 1.82) is 0 Å². The Morgan fingerprint density at radius 2 is 1.71 bits per heavy atom. The lowest BCUT2D eigenvalue weighted by molar-refractivity contribution is -0.274. The average Bonchev–Trinajstić information content (AvgIpc) is 2.44. The van der Waals surface area contributed by atoms with Gasteiger partial charge in [-0.3, -0.25) is 0 Å². The Morgan fingerprint density at radius 1 is 1.00 bits per heavy atom. The number of hydrogen-bond acceptors (Lipinski definition) is 2. The van der Waals surface area contributed by atoms with Crippen molar-refractivity contribution in [2.24, 2.45) is 0 Å². The summed E-state index contributed by atoms with van der Waals surface area (Å²) in [5.41, 5.74) is 2.93. The molecule has 2 aromatic rings. The van der Waals surface area contributed by atoms with Gasteiger partial charge < -0.3 is 10.1 Å². The van der Waals surface area contributed by atoms with Gasteiger partial charge in [0.1, 0.15) is 5.75 Å². The van der Waals surface area contributed by atoms with Gasteiger partial charge in [-0.1, -0.05) is 37.3 Å². The monoisotopic (exact) mass is 295 g/mol. The minimum absolute atomic E-state index is 0.226. The van der Waals surface area contributed by atoms with Gasteiger partial charge in [-0.15, -0.1) is 13.2 Å². The highest BCUT2D eigenvalue weighted by Gasteiger charge is 2.31. The van der Waals surface area contributed by atoms with Crippen LogP contribution in [0, 0.1) is 0 Å². The van der Waals surface area contributed by atoms with Gasteiger partial charge in [0.25, 0.3) is 0 Å². The lowest BCUT2D eigenvalue weighted by Crippen LogP contribution is -2.17. The van der Waals surface area contributed by atoms with Crippen LogP contribution in [0.4, 0.5) is 18.9 Å². The molecular weight excluding hydrogens is 279 g/mol. The molecule has 1 N–H and O–H groups in total. The lowest BCUT2D eigenvalue weighted by atomic mass is 10.1. The molecule has 2 nitrogen and oxygen atoms in total. The first-order valence-electron chi connectivity index (χ1n) is 6.64. The molecule has 0 unspecified atom stereocenters. The molecule has 0 saturated carbocycles. The van der Waals surface area contributed by atoms with E-state index in [-0.39, 0.29) is 5.75 Å². The predicted molar refractivity (Wildman–Crippen MR) is 76.3 cm³/mol. The van der Waals surface area contributed by atoms with Crippen LogP contribution in [0.5, 0.6) is 5.75 Å². The Labute approximate surface area is 121 Å². The maximum atomic E-state index is 12.2. The molecule has 0 spiro atoms. The largest absolute Gasteiger partial charge is 0.573 e. The third-order valence-corrected chi connectivity index (χ3v) is 3.05. The van der Waals surface area contributed by atoms with Crippen molar-refractivity contribution in [3.8, 4) is 5.75 Å². The first-order chi connectivity index (χ1) is 9.98. The van der Waals surface area contributed by atoms with Crippen molar-refractivity contribution in [1.82, 2.24) is 0 Å². The Morgan fingerprint density at radius 3 is 2.38 bits per heavy atom. The third kappa shape index (κ3) is 4.70. The van der Waals surface area contributed by atoms with Crippen molar-refractivity contribution >= 4 is 5.69 Å². The Hall–Kier alpha value is -2.17. The van der Waals surface area contributed by atoms with E-state index in [0.717, 1.165) is 12.0 Å². The van der Waals surface area contributed by atoms with Crippen molar-refractivity contribution in [3.05, 3.63) is 59.7 Å². The summed E-state index contributed by atoms with van der Waals surface area (Å²) in [4.78, 5) is 0. The van der Waals surface area contributed by atoms with Crippen molar-refractivity contribution in [3.63, 3.8) is 0 Å². The molecule has 0 saturated heterocycles. The summed E-state index contributed by atoms with van der Waals surface area (Å²) in [6.45, 7) is 2.62. The molecule has 112 valence electrons. The van der Waals surface area contributed by atoms with Gasteiger partial charge in [0.05, 0.1) is 0 Å². The van der Waals surface area contributed by atoms with Gasteiger partial charge in [-0.2, -0.15) is 0 Å². The molecular formula is C16H16F3NO. The molecule has 0 amide bonds. The highest BCUT2D eigenvalue weighted by atomic mass is 19.4. The molecule has 0 aliphatic heterocycles. The van der Waals surface area contributed by atoms with E-state index in [4.69, 9.17) is 0 Å². The van der Waals surface area contributed by atoms with E-state index in [1.54, 1.807) is 6.07 Å². The molecule has 21 heavy (non-hydrogen) atoms. The van der Waals surface area contributed by atoms with Crippen LogP contribution >= 0.6 is 0 Å². The highest BCUT2D eigenvalue weighted by molar-refractivity contribution is 5.49. The van der Waals surface area contributed by atoms with Crippen molar-refractivity contribution in [2.45, 2.75) is 26.3 Å². The van der Waals surface area contributed by atoms with Crippen LogP contribution in [0.2, 0.25) is 0 Å². The fourth-order valence-electron chi connectivity index (χ4n) is 2.08. The molecule has 0 aliphatic carbocycles. The molecule has 0 aliphatic rings. The molecule has 0 fully saturated rings. The molecule has 2 rings (SSSR count). The molecule has 0 radical (unpaired) electrons. The van der Waals surface area contributed by atoms with Crippen molar-refractivity contribution in [2.75, 3.05) is 5.32 Å². The van der Waals surface area contributed by atoms with Crippen LogP contribution in [-0.2, 0) is 13.0 Å². The number of nitrogens with one attached hydrogen (secondary N) is 1. The Balaban J connectivity index is 2.05. The van der Waals surface area contributed by atoms with Gasteiger partial charge in [-0.05, 0) is 29.7 Å². The second-order valence-electron chi connectivity index (χ2n) is 4.55. The summed E-state index contributed by atoms with van der Waals surface area (Å²) < 4.78 is 40.4. The molecule has 5 heteroatoms.